The van der Waals surface area contributed by atoms with E-state index in [1.165, 1.54) is 30.5 Å². The fraction of sp³-hybridized carbons (Fsp3) is 0.0952. The van der Waals surface area contributed by atoms with E-state index in [0.717, 1.165) is 10.6 Å². The number of aromatic hydroxyl groups is 1. The number of allylic oxidation sites excluding steroid dienone is 1. The van der Waals surface area contributed by atoms with E-state index in [4.69, 9.17) is 16.9 Å². The molecule has 0 fully saturated rings. The summed E-state index contributed by atoms with van der Waals surface area (Å²) in [6.45, 7) is -0.624. The Morgan fingerprint density at radius 1 is 1.32 bits per heavy atom. The van der Waals surface area contributed by atoms with E-state index >= 15 is 0 Å². The SMILES string of the molecule is N#Cc1ccc(C(CO)n2c(O)c(/C=C3\C=Nc4c3ccc(Cl)c4F)[nH]c2=O)cc1F. The first-order valence-electron chi connectivity index (χ1n) is 8.93. The maximum absolute atomic E-state index is 14.1. The number of aliphatic imine (C=N–C) groups is 1. The van der Waals surface area contributed by atoms with Crippen molar-refractivity contribution in [3.8, 4) is 11.9 Å². The molecule has 0 saturated heterocycles. The molecule has 1 atom stereocenters. The molecule has 0 radical (unpaired) electrons. The molecular weight excluding hydrogens is 430 g/mol. The fourth-order valence-corrected chi connectivity index (χ4v) is 3.54. The lowest BCUT2D eigenvalue weighted by atomic mass is 10.0. The third kappa shape index (κ3) is 3.42. The van der Waals surface area contributed by atoms with Gasteiger partial charge in [-0.2, -0.15) is 5.26 Å². The zero-order valence-electron chi connectivity index (χ0n) is 15.6. The average molecular weight is 443 g/mol. The normalized spacial score (nSPS) is 14.6. The molecule has 3 aromatic rings. The van der Waals surface area contributed by atoms with Gasteiger partial charge >= 0.3 is 5.69 Å². The van der Waals surface area contributed by atoms with Crippen molar-refractivity contribution in [3.05, 3.63) is 79.9 Å². The van der Waals surface area contributed by atoms with Gasteiger partial charge in [0.05, 0.1) is 23.2 Å². The number of nitriles is 1. The second-order valence-electron chi connectivity index (χ2n) is 6.70. The number of aliphatic hydroxyl groups is 1. The van der Waals surface area contributed by atoms with Crippen LogP contribution in [0.3, 0.4) is 0 Å². The van der Waals surface area contributed by atoms with Gasteiger partial charge in [0, 0.05) is 17.4 Å². The number of aliphatic hydroxyl groups excluding tert-OH is 1. The maximum atomic E-state index is 14.1. The summed E-state index contributed by atoms with van der Waals surface area (Å²) < 4.78 is 29.0. The number of H-pyrrole nitrogens is 1. The van der Waals surface area contributed by atoms with Gasteiger partial charge in [-0.1, -0.05) is 23.7 Å². The van der Waals surface area contributed by atoms with E-state index < -0.39 is 35.9 Å². The minimum Gasteiger partial charge on any atom is -0.493 e. The monoisotopic (exact) mass is 442 g/mol. The number of benzene rings is 2. The molecule has 0 saturated carbocycles. The molecule has 4 rings (SSSR count). The Kier molecular flexibility index (Phi) is 5.19. The Labute approximate surface area is 178 Å². The van der Waals surface area contributed by atoms with Crippen LogP contribution in [0.25, 0.3) is 11.6 Å². The summed E-state index contributed by atoms with van der Waals surface area (Å²) in [5.41, 5.74) is 0.0956. The van der Waals surface area contributed by atoms with Crippen LogP contribution < -0.4 is 5.69 Å². The first kappa shape index (κ1) is 20.5. The predicted molar refractivity (Wildman–Crippen MR) is 110 cm³/mol. The molecule has 156 valence electrons. The quantitative estimate of drug-likeness (QED) is 0.573. The first-order chi connectivity index (χ1) is 14.8. The third-order valence-electron chi connectivity index (χ3n) is 4.93. The molecule has 0 amide bonds. The lowest BCUT2D eigenvalue weighted by Crippen LogP contribution is -2.25. The molecule has 31 heavy (non-hydrogen) atoms. The van der Waals surface area contributed by atoms with Gasteiger partial charge in [-0.25, -0.2) is 13.6 Å². The number of hydrogen-bond donors (Lipinski definition) is 3. The highest BCUT2D eigenvalue weighted by Gasteiger charge is 2.24. The van der Waals surface area contributed by atoms with Crippen molar-refractivity contribution in [1.82, 2.24) is 9.55 Å². The van der Waals surface area contributed by atoms with Crippen molar-refractivity contribution in [1.29, 1.82) is 5.26 Å². The molecular formula is C21H13ClF2N4O3. The van der Waals surface area contributed by atoms with Gasteiger partial charge in [0.2, 0.25) is 5.88 Å². The van der Waals surface area contributed by atoms with Gasteiger partial charge in [-0.3, -0.25) is 9.56 Å². The van der Waals surface area contributed by atoms with Gasteiger partial charge in [-0.05, 0) is 29.8 Å². The molecule has 2 heterocycles. The molecule has 0 bridgehead atoms. The predicted octanol–water partition coefficient (Wildman–Crippen LogP) is 3.52. The minimum atomic E-state index is -1.11. The summed E-state index contributed by atoms with van der Waals surface area (Å²) in [5, 5.41) is 29.2. The van der Waals surface area contributed by atoms with Gasteiger partial charge in [0.25, 0.3) is 0 Å². The Hall–Kier alpha value is -3.74. The lowest BCUT2D eigenvalue weighted by Gasteiger charge is -2.16. The van der Waals surface area contributed by atoms with Crippen molar-refractivity contribution in [2.45, 2.75) is 6.04 Å². The lowest BCUT2D eigenvalue weighted by molar-refractivity contribution is 0.237. The van der Waals surface area contributed by atoms with Crippen LogP contribution in [0.2, 0.25) is 5.02 Å². The van der Waals surface area contributed by atoms with Crippen LogP contribution in [0.15, 0.2) is 40.1 Å². The second-order valence-corrected chi connectivity index (χ2v) is 7.11. The minimum absolute atomic E-state index is 0.0118. The molecule has 7 nitrogen and oxygen atoms in total. The van der Waals surface area contributed by atoms with Crippen LogP contribution in [0.1, 0.15) is 28.4 Å². The Balaban J connectivity index is 1.77. The van der Waals surface area contributed by atoms with Crippen LogP contribution in [-0.4, -0.2) is 32.6 Å². The number of nitrogens with one attached hydrogen (secondary N) is 1. The molecule has 0 aliphatic carbocycles. The molecule has 1 aliphatic heterocycles. The van der Waals surface area contributed by atoms with Crippen LogP contribution in [0.5, 0.6) is 5.88 Å². The van der Waals surface area contributed by atoms with Gasteiger partial charge in [0.1, 0.15) is 23.3 Å². The molecule has 10 heteroatoms. The number of halogens is 3. The van der Waals surface area contributed by atoms with Crippen molar-refractivity contribution in [2.24, 2.45) is 4.99 Å². The van der Waals surface area contributed by atoms with E-state index in [9.17, 15) is 23.8 Å². The van der Waals surface area contributed by atoms with Crippen LogP contribution in [0.4, 0.5) is 14.5 Å². The van der Waals surface area contributed by atoms with Crippen molar-refractivity contribution < 1.29 is 19.0 Å². The zero-order chi connectivity index (χ0) is 22.3. The molecule has 0 spiro atoms. The van der Waals surface area contributed by atoms with E-state index in [0.29, 0.717) is 11.1 Å². The van der Waals surface area contributed by atoms with E-state index in [2.05, 4.69) is 9.98 Å². The number of fused-ring (bicyclic) bond motifs is 1. The summed E-state index contributed by atoms with van der Waals surface area (Å²) in [7, 11) is 0. The molecule has 1 aromatic heterocycles. The third-order valence-corrected chi connectivity index (χ3v) is 5.22. The summed E-state index contributed by atoms with van der Waals surface area (Å²) in [6.07, 6.45) is 2.75. The first-order valence-corrected chi connectivity index (χ1v) is 9.31. The highest BCUT2D eigenvalue weighted by atomic mass is 35.5. The Bertz CT molecular complexity index is 1370. The van der Waals surface area contributed by atoms with Crippen LogP contribution >= 0.6 is 11.6 Å². The summed E-state index contributed by atoms with van der Waals surface area (Å²) in [5.74, 6) is -2.02. The largest absolute Gasteiger partial charge is 0.493 e. The summed E-state index contributed by atoms with van der Waals surface area (Å²) in [6, 6.07) is 7.12. The van der Waals surface area contributed by atoms with Gasteiger partial charge < -0.3 is 15.2 Å². The molecule has 1 aliphatic rings. The van der Waals surface area contributed by atoms with Crippen LogP contribution in [0, 0.1) is 23.0 Å². The zero-order valence-corrected chi connectivity index (χ0v) is 16.4. The molecule has 3 N–H and O–H groups in total. The van der Waals surface area contributed by atoms with Crippen molar-refractivity contribution in [2.75, 3.05) is 6.61 Å². The maximum Gasteiger partial charge on any atom is 0.329 e. The van der Waals surface area contributed by atoms with Gasteiger partial charge in [0.15, 0.2) is 5.82 Å². The highest BCUT2D eigenvalue weighted by Crippen LogP contribution is 2.38. The second kappa shape index (κ2) is 7.83. The number of rotatable bonds is 4. The fourth-order valence-electron chi connectivity index (χ4n) is 3.39. The van der Waals surface area contributed by atoms with E-state index in [-0.39, 0.29) is 27.5 Å². The number of imidazole rings is 1. The number of aromatic amines is 1. The molecule has 1 unspecified atom stereocenters. The van der Waals surface area contributed by atoms with Crippen molar-refractivity contribution >= 4 is 35.2 Å². The Morgan fingerprint density at radius 3 is 2.77 bits per heavy atom. The standard InChI is InChI=1S/C21H13ClF2N4O3/c22-14-4-3-13-12(8-26-19(13)18(14)24)6-16-20(30)28(21(31)27-16)17(9-29)10-1-2-11(7-25)15(23)5-10/h1-6,8,17,29-30H,9H2,(H,27,31)/b12-6+. The smallest absolute Gasteiger partial charge is 0.329 e. The van der Waals surface area contributed by atoms with E-state index in [1.54, 1.807) is 12.1 Å². The number of hydrogen-bond acceptors (Lipinski definition) is 5. The summed E-state index contributed by atoms with van der Waals surface area (Å²) in [4.78, 5) is 19.0. The topological polar surface area (TPSA) is 114 Å². The van der Waals surface area contributed by atoms with Crippen LogP contribution in [-0.2, 0) is 0 Å². The number of nitrogens with zero attached hydrogens (tertiary/aromatic N) is 3. The Morgan fingerprint density at radius 2 is 2.10 bits per heavy atom. The van der Waals surface area contributed by atoms with Crippen molar-refractivity contribution in [3.63, 3.8) is 0 Å². The van der Waals surface area contributed by atoms with Gasteiger partial charge in [-0.15, -0.1) is 0 Å². The average Bonchev–Trinajstić information content (AvgIpc) is 3.28. The summed E-state index contributed by atoms with van der Waals surface area (Å²) >= 11 is 5.76. The molecule has 2 aromatic carbocycles. The number of aromatic nitrogens is 2. The van der Waals surface area contributed by atoms with E-state index in [1.807, 2.05) is 0 Å². The highest BCUT2D eigenvalue weighted by molar-refractivity contribution is 6.31.